The average Bonchev–Trinajstić information content (AvgIpc) is 2.56. The van der Waals surface area contributed by atoms with E-state index in [0.29, 0.717) is 12.2 Å². The average molecular weight is 297 g/mol. The lowest BCUT2D eigenvalue weighted by Gasteiger charge is -2.10. The lowest BCUT2D eigenvalue weighted by molar-refractivity contribution is -0.142. The molecule has 0 aliphatic carbocycles. The van der Waals surface area contributed by atoms with Gasteiger partial charge in [-0.05, 0) is 24.1 Å². The maximum Gasteiger partial charge on any atom is 0.307 e. The summed E-state index contributed by atoms with van der Waals surface area (Å²) >= 11 is 0. The SMILES string of the molecule is CCOC(=O)CCNC(=O)c1ccccc1-c1ccccc1. The van der Waals surface area contributed by atoms with Crippen molar-refractivity contribution in [2.45, 2.75) is 13.3 Å². The van der Waals surface area contributed by atoms with E-state index in [1.807, 2.05) is 48.5 Å². The van der Waals surface area contributed by atoms with Crippen LogP contribution in [-0.4, -0.2) is 25.0 Å². The number of nitrogens with one attached hydrogen (secondary N) is 1. The first-order chi connectivity index (χ1) is 10.7. The van der Waals surface area contributed by atoms with Gasteiger partial charge in [-0.1, -0.05) is 48.5 Å². The van der Waals surface area contributed by atoms with Crippen LogP contribution < -0.4 is 5.32 Å². The first-order valence-corrected chi connectivity index (χ1v) is 7.30. The predicted molar refractivity (Wildman–Crippen MR) is 85.5 cm³/mol. The van der Waals surface area contributed by atoms with E-state index in [1.54, 1.807) is 13.0 Å². The molecule has 0 unspecified atom stereocenters. The van der Waals surface area contributed by atoms with Gasteiger partial charge in [0.2, 0.25) is 0 Å². The monoisotopic (exact) mass is 297 g/mol. The third-order valence-electron chi connectivity index (χ3n) is 3.18. The Labute approximate surface area is 130 Å². The van der Waals surface area contributed by atoms with Crippen LogP contribution in [0.15, 0.2) is 54.6 Å². The minimum atomic E-state index is -0.306. The maximum absolute atomic E-state index is 12.3. The van der Waals surface area contributed by atoms with Gasteiger partial charge in [-0.15, -0.1) is 0 Å². The highest BCUT2D eigenvalue weighted by molar-refractivity contribution is 6.00. The van der Waals surface area contributed by atoms with Gasteiger partial charge in [0, 0.05) is 12.1 Å². The van der Waals surface area contributed by atoms with Crippen LogP contribution >= 0.6 is 0 Å². The predicted octanol–water partition coefficient (Wildman–Crippen LogP) is 3.04. The van der Waals surface area contributed by atoms with Crippen molar-refractivity contribution < 1.29 is 14.3 Å². The van der Waals surface area contributed by atoms with E-state index in [-0.39, 0.29) is 24.8 Å². The maximum atomic E-state index is 12.3. The molecule has 0 saturated carbocycles. The summed E-state index contributed by atoms with van der Waals surface area (Å²) in [4.78, 5) is 23.6. The van der Waals surface area contributed by atoms with E-state index < -0.39 is 0 Å². The summed E-state index contributed by atoms with van der Waals surface area (Å²) in [5.74, 6) is -0.497. The van der Waals surface area contributed by atoms with Gasteiger partial charge in [0.15, 0.2) is 0 Å². The summed E-state index contributed by atoms with van der Waals surface area (Å²) in [5.41, 5.74) is 2.45. The molecule has 0 radical (unpaired) electrons. The zero-order valence-electron chi connectivity index (χ0n) is 12.5. The van der Waals surface area contributed by atoms with E-state index in [2.05, 4.69) is 5.32 Å². The molecule has 2 rings (SSSR count). The standard InChI is InChI=1S/C18H19NO3/c1-2-22-17(20)12-13-19-18(21)16-11-7-6-10-15(16)14-8-4-3-5-9-14/h3-11H,2,12-13H2,1H3,(H,19,21). The van der Waals surface area contributed by atoms with Crippen LogP contribution in [0.3, 0.4) is 0 Å². The molecule has 2 aromatic rings. The van der Waals surface area contributed by atoms with Crippen molar-refractivity contribution in [3.63, 3.8) is 0 Å². The molecule has 0 aliphatic rings. The number of carbonyl (C=O) groups excluding carboxylic acids is 2. The van der Waals surface area contributed by atoms with Crippen molar-refractivity contribution >= 4 is 11.9 Å². The molecule has 0 aromatic heterocycles. The lowest BCUT2D eigenvalue weighted by atomic mass is 9.99. The molecule has 0 saturated heterocycles. The largest absolute Gasteiger partial charge is 0.466 e. The fourth-order valence-corrected chi connectivity index (χ4v) is 2.16. The van der Waals surface area contributed by atoms with Crippen molar-refractivity contribution in [3.8, 4) is 11.1 Å². The molecule has 0 aliphatic heterocycles. The van der Waals surface area contributed by atoms with Crippen molar-refractivity contribution in [1.82, 2.24) is 5.32 Å². The number of hydrogen-bond donors (Lipinski definition) is 1. The highest BCUT2D eigenvalue weighted by Crippen LogP contribution is 2.23. The normalized spacial score (nSPS) is 10.0. The molecule has 1 N–H and O–H groups in total. The molecular weight excluding hydrogens is 278 g/mol. The first-order valence-electron chi connectivity index (χ1n) is 7.30. The minimum absolute atomic E-state index is 0.174. The Morgan fingerprint density at radius 3 is 2.41 bits per heavy atom. The molecule has 2 aromatic carbocycles. The highest BCUT2D eigenvalue weighted by atomic mass is 16.5. The fourth-order valence-electron chi connectivity index (χ4n) is 2.16. The number of esters is 1. The van der Waals surface area contributed by atoms with E-state index in [1.165, 1.54) is 0 Å². The second-order valence-corrected chi connectivity index (χ2v) is 4.72. The smallest absolute Gasteiger partial charge is 0.307 e. The van der Waals surface area contributed by atoms with Gasteiger partial charge < -0.3 is 10.1 Å². The third kappa shape index (κ3) is 4.19. The Balaban J connectivity index is 2.06. The molecule has 0 heterocycles. The molecule has 114 valence electrons. The Kier molecular flexibility index (Phi) is 5.72. The molecule has 0 bridgehead atoms. The minimum Gasteiger partial charge on any atom is -0.466 e. The van der Waals surface area contributed by atoms with Crippen LogP contribution in [0.5, 0.6) is 0 Å². The second kappa shape index (κ2) is 7.98. The lowest BCUT2D eigenvalue weighted by Crippen LogP contribution is -2.27. The molecule has 0 spiro atoms. The van der Waals surface area contributed by atoms with Crippen LogP contribution in [0, 0.1) is 0 Å². The Bertz CT molecular complexity index is 638. The van der Waals surface area contributed by atoms with E-state index in [4.69, 9.17) is 4.74 Å². The molecule has 0 fully saturated rings. The summed E-state index contributed by atoms with van der Waals surface area (Å²) in [6.07, 6.45) is 0.174. The van der Waals surface area contributed by atoms with Crippen molar-refractivity contribution in [1.29, 1.82) is 0 Å². The van der Waals surface area contributed by atoms with Crippen LogP contribution in [-0.2, 0) is 9.53 Å². The Hall–Kier alpha value is -2.62. The number of rotatable bonds is 6. The molecule has 1 amide bonds. The summed E-state index contributed by atoms with van der Waals surface area (Å²) in [6, 6.07) is 17.2. The van der Waals surface area contributed by atoms with Gasteiger partial charge in [0.1, 0.15) is 0 Å². The van der Waals surface area contributed by atoms with E-state index in [9.17, 15) is 9.59 Å². The molecular formula is C18H19NO3. The van der Waals surface area contributed by atoms with Gasteiger partial charge in [0.05, 0.1) is 13.0 Å². The zero-order chi connectivity index (χ0) is 15.8. The number of ether oxygens (including phenoxy) is 1. The number of hydrogen-bond acceptors (Lipinski definition) is 3. The van der Waals surface area contributed by atoms with Crippen molar-refractivity contribution in [2.24, 2.45) is 0 Å². The van der Waals surface area contributed by atoms with E-state index in [0.717, 1.165) is 11.1 Å². The topological polar surface area (TPSA) is 55.4 Å². The van der Waals surface area contributed by atoms with Crippen molar-refractivity contribution in [3.05, 3.63) is 60.2 Å². The highest BCUT2D eigenvalue weighted by Gasteiger charge is 2.12. The van der Waals surface area contributed by atoms with Gasteiger partial charge in [-0.2, -0.15) is 0 Å². The van der Waals surface area contributed by atoms with Gasteiger partial charge in [-0.25, -0.2) is 0 Å². The molecule has 4 nitrogen and oxygen atoms in total. The van der Waals surface area contributed by atoms with E-state index >= 15 is 0 Å². The zero-order valence-corrected chi connectivity index (χ0v) is 12.5. The number of carbonyl (C=O) groups is 2. The van der Waals surface area contributed by atoms with Gasteiger partial charge in [0.25, 0.3) is 5.91 Å². The molecule has 22 heavy (non-hydrogen) atoms. The van der Waals surface area contributed by atoms with Crippen molar-refractivity contribution in [2.75, 3.05) is 13.2 Å². The number of benzene rings is 2. The van der Waals surface area contributed by atoms with Crippen LogP contribution in [0.2, 0.25) is 0 Å². The van der Waals surface area contributed by atoms with Crippen LogP contribution in [0.1, 0.15) is 23.7 Å². The second-order valence-electron chi connectivity index (χ2n) is 4.72. The van der Waals surface area contributed by atoms with Crippen LogP contribution in [0.25, 0.3) is 11.1 Å². The third-order valence-corrected chi connectivity index (χ3v) is 3.18. The Morgan fingerprint density at radius 1 is 1.00 bits per heavy atom. The van der Waals surface area contributed by atoms with Crippen LogP contribution in [0.4, 0.5) is 0 Å². The summed E-state index contributed by atoms with van der Waals surface area (Å²) in [7, 11) is 0. The quantitative estimate of drug-likeness (QED) is 0.834. The summed E-state index contributed by atoms with van der Waals surface area (Å²) < 4.78 is 4.83. The Morgan fingerprint density at radius 2 is 1.68 bits per heavy atom. The van der Waals surface area contributed by atoms with Gasteiger partial charge in [-0.3, -0.25) is 9.59 Å². The summed E-state index contributed by atoms with van der Waals surface area (Å²) in [6.45, 7) is 2.37. The first kappa shape index (κ1) is 15.8. The fraction of sp³-hybridized carbons (Fsp3) is 0.222. The number of amides is 1. The molecule has 4 heteroatoms. The molecule has 0 atom stereocenters. The summed E-state index contributed by atoms with van der Waals surface area (Å²) in [5, 5.41) is 2.76. The van der Waals surface area contributed by atoms with Gasteiger partial charge >= 0.3 is 5.97 Å².